The van der Waals surface area contributed by atoms with Crippen molar-refractivity contribution < 1.29 is 17.6 Å². The zero-order chi connectivity index (χ0) is 20.9. The second kappa shape index (κ2) is 9.69. The molecular weight excluding hydrogens is 413 g/mol. The molecule has 2 aromatic rings. The van der Waals surface area contributed by atoms with Gasteiger partial charge in [0, 0.05) is 25.8 Å². The maximum Gasteiger partial charge on any atom is 0.244 e. The number of nitrogens with one attached hydrogen (secondary N) is 1. The quantitative estimate of drug-likeness (QED) is 0.673. The van der Waals surface area contributed by atoms with Gasteiger partial charge in [0.2, 0.25) is 15.9 Å². The maximum atomic E-state index is 12.9. The fourth-order valence-electron chi connectivity index (χ4n) is 3.01. The van der Waals surface area contributed by atoms with E-state index in [0.29, 0.717) is 24.7 Å². The standard InChI is InChI=1S/C20H24FN3O3S2/c1-15(20(25)23-13-16-5-7-17(21)8-6-16)28-19-10-9-18(14-22-19)29(26,27)24-11-3-2-4-12-24/h5-10,14-15H,2-4,11-13H2,1H3,(H,23,25). The second-order valence-electron chi connectivity index (χ2n) is 6.90. The molecule has 0 spiro atoms. The topological polar surface area (TPSA) is 79.4 Å². The first kappa shape index (κ1) is 21.7. The lowest BCUT2D eigenvalue weighted by Gasteiger charge is -2.25. The predicted octanol–water partition coefficient (Wildman–Crippen LogP) is 3.19. The molecule has 0 saturated carbocycles. The van der Waals surface area contributed by atoms with Crippen molar-refractivity contribution in [3.05, 3.63) is 54.0 Å². The molecule has 1 fully saturated rings. The maximum absolute atomic E-state index is 12.9. The summed E-state index contributed by atoms with van der Waals surface area (Å²) < 4.78 is 39.8. The summed E-state index contributed by atoms with van der Waals surface area (Å²) in [4.78, 5) is 16.7. The molecule has 29 heavy (non-hydrogen) atoms. The van der Waals surface area contributed by atoms with Crippen LogP contribution in [0, 0.1) is 5.82 Å². The summed E-state index contributed by atoms with van der Waals surface area (Å²) in [5.41, 5.74) is 0.808. The number of hydrogen-bond acceptors (Lipinski definition) is 5. The number of thioether (sulfide) groups is 1. The van der Waals surface area contributed by atoms with E-state index in [4.69, 9.17) is 0 Å². The number of benzene rings is 1. The van der Waals surface area contributed by atoms with Crippen LogP contribution in [0.5, 0.6) is 0 Å². The number of nitrogens with zero attached hydrogens (tertiary/aromatic N) is 2. The molecule has 0 aliphatic carbocycles. The van der Waals surface area contributed by atoms with Crippen LogP contribution in [0.1, 0.15) is 31.7 Å². The van der Waals surface area contributed by atoms with Crippen molar-refractivity contribution in [1.82, 2.24) is 14.6 Å². The summed E-state index contributed by atoms with van der Waals surface area (Å²) in [7, 11) is -3.51. The monoisotopic (exact) mass is 437 g/mol. The van der Waals surface area contributed by atoms with Crippen molar-refractivity contribution in [2.24, 2.45) is 0 Å². The number of sulfonamides is 1. The number of rotatable bonds is 7. The Kier molecular flexibility index (Phi) is 7.26. The van der Waals surface area contributed by atoms with Crippen molar-refractivity contribution in [3.63, 3.8) is 0 Å². The van der Waals surface area contributed by atoms with E-state index in [1.165, 1.54) is 34.4 Å². The highest BCUT2D eigenvalue weighted by atomic mass is 32.2. The first-order valence-electron chi connectivity index (χ1n) is 9.51. The van der Waals surface area contributed by atoms with E-state index in [-0.39, 0.29) is 16.6 Å². The van der Waals surface area contributed by atoms with Crippen LogP contribution in [0.4, 0.5) is 4.39 Å². The van der Waals surface area contributed by atoms with E-state index in [1.54, 1.807) is 31.2 Å². The lowest BCUT2D eigenvalue weighted by atomic mass is 10.2. The van der Waals surface area contributed by atoms with E-state index in [2.05, 4.69) is 10.3 Å². The smallest absolute Gasteiger partial charge is 0.244 e. The zero-order valence-electron chi connectivity index (χ0n) is 16.2. The normalized spacial score (nSPS) is 16.3. The molecule has 1 aliphatic heterocycles. The van der Waals surface area contributed by atoms with Crippen LogP contribution >= 0.6 is 11.8 Å². The van der Waals surface area contributed by atoms with Crippen LogP contribution in [0.15, 0.2) is 52.5 Å². The van der Waals surface area contributed by atoms with Gasteiger partial charge in [-0.05, 0) is 49.6 Å². The summed E-state index contributed by atoms with van der Waals surface area (Å²) in [5, 5.41) is 2.97. The van der Waals surface area contributed by atoms with Gasteiger partial charge in [0.25, 0.3) is 0 Å². The molecule has 1 aliphatic rings. The summed E-state index contributed by atoms with van der Waals surface area (Å²) in [6.45, 7) is 3.16. The Bertz CT molecular complexity index is 928. The molecule has 2 heterocycles. The van der Waals surface area contributed by atoms with Gasteiger partial charge in [0.15, 0.2) is 0 Å². The summed E-state index contributed by atoms with van der Waals surface area (Å²) >= 11 is 1.25. The van der Waals surface area contributed by atoms with Crippen molar-refractivity contribution in [2.75, 3.05) is 13.1 Å². The third kappa shape index (κ3) is 5.77. The van der Waals surface area contributed by atoms with Gasteiger partial charge in [-0.25, -0.2) is 17.8 Å². The van der Waals surface area contributed by atoms with Gasteiger partial charge in [0.05, 0.1) is 10.3 Å². The van der Waals surface area contributed by atoms with Gasteiger partial charge < -0.3 is 5.32 Å². The minimum absolute atomic E-state index is 0.175. The number of carbonyl (C=O) groups is 1. The van der Waals surface area contributed by atoms with Gasteiger partial charge in [-0.2, -0.15) is 4.31 Å². The first-order valence-corrected chi connectivity index (χ1v) is 11.8. The van der Waals surface area contributed by atoms with E-state index < -0.39 is 15.3 Å². The third-order valence-electron chi connectivity index (χ3n) is 4.71. The molecule has 1 amide bonds. The van der Waals surface area contributed by atoms with Crippen LogP contribution in [0.25, 0.3) is 0 Å². The molecule has 1 unspecified atom stereocenters. The SMILES string of the molecule is CC(Sc1ccc(S(=O)(=O)N2CCCCC2)cn1)C(=O)NCc1ccc(F)cc1. The Balaban J connectivity index is 1.55. The Morgan fingerprint density at radius 2 is 1.86 bits per heavy atom. The molecule has 1 saturated heterocycles. The number of piperidine rings is 1. The largest absolute Gasteiger partial charge is 0.351 e. The van der Waals surface area contributed by atoms with E-state index >= 15 is 0 Å². The molecule has 156 valence electrons. The molecule has 6 nitrogen and oxygen atoms in total. The lowest BCUT2D eigenvalue weighted by molar-refractivity contribution is -0.120. The van der Waals surface area contributed by atoms with Gasteiger partial charge in [-0.15, -0.1) is 0 Å². The molecule has 1 N–H and O–H groups in total. The van der Waals surface area contributed by atoms with E-state index in [9.17, 15) is 17.6 Å². The lowest BCUT2D eigenvalue weighted by Crippen LogP contribution is -2.35. The molecule has 1 atom stereocenters. The minimum atomic E-state index is -3.51. The molecule has 0 bridgehead atoms. The van der Waals surface area contributed by atoms with Gasteiger partial charge in [-0.1, -0.05) is 30.3 Å². The average Bonchev–Trinajstić information content (AvgIpc) is 2.74. The number of amides is 1. The molecule has 9 heteroatoms. The number of pyridine rings is 1. The Labute approximate surface area is 175 Å². The zero-order valence-corrected chi connectivity index (χ0v) is 17.8. The predicted molar refractivity (Wildman–Crippen MR) is 110 cm³/mol. The average molecular weight is 438 g/mol. The van der Waals surface area contributed by atoms with Gasteiger partial charge in [-0.3, -0.25) is 4.79 Å². The molecule has 3 rings (SSSR count). The van der Waals surface area contributed by atoms with Gasteiger partial charge in [0.1, 0.15) is 10.7 Å². The number of carbonyl (C=O) groups excluding carboxylic acids is 1. The molecule has 1 aromatic heterocycles. The van der Waals surface area contributed by atoms with E-state index in [1.807, 2.05) is 0 Å². The van der Waals surface area contributed by atoms with Crippen molar-refractivity contribution in [1.29, 1.82) is 0 Å². The van der Waals surface area contributed by atoms with Crippen molar-refractivity contribution >= 4 is 27.7 Å². The Hall–Kier alpha value is -1.97. The van der Waals surface area contributed by atoms with Crippen molar-refractivity contribution in [3.8, 4) is 0 Å². The van der Waals surface area contributed by atoms with E-state index in [0.717, 1.165) is 24.8 Å². The summed E-state index contributed by atoms with van der Waals surface area (Å²) in [5.74, 6) is -0.494. The van der Waals surface area contributed by atoms with Crippen LogP contribution < -0.4 is 5.32 Å². The molecule has 0 radical (unpaired) electrons. The first-order chi connectivity index (χ1) is 13.9. The summed E-state index contributed by atoms with van der Waals surface area (Å²) in [6.07, 6.45) is 4.17. The van der Waals surface area contributed by atoms with Crippen LogP contribution in [-0.4, -0.2) is 42.0 Å². The fourth-order valence-corrected chi connectivity index (χ4v) is 5.29. The third-order valence-corrected chi connectivity index (χ3v) is 7.64. The van der Waals surface area contributed by atoms with Crippen LogP contribution in [-0.2, 0) is 21.4 Å². The molecular formula is C20H24FN3O3S2. The highest BCUT2D eigenvalue weighted by Gasteiger charge is 2.26. The molecule has 1 aromatic carbocycles. The van der Waals surface area contributed by atoms with Gasteiger partial charge >= 0.3 is 0 Å². The second-order valence-corrected chi connectivity index (χ2v) is 10.2. The number of hydrogen-bond donors (Lipinski definition) is 1. The summed E-state index contributed by atoms with van der Waals surface area (Å²) in [6, 6.07) is 9.12. The van der Waals surface area contributed by atoms with Crippen molar-refractivity contribution in [2.45, 2.75) is 47.9 Å². The Morgan fingerprint density at radius 1 is 1.17 bits per heavy atom. The highest BCUT2D eigenvalue weighted by Crippen LogP contribution is 2.24. The fraction of sp³-hybridized carbons (Fsp3) is 0.400. The van der Waals surface area contributed by atoms with Crippen LogP contribution in [0.2, 0.25) is 0 Å². The number of aromatic nitrogens is 1. The number of halogens is 1. The van der Waals surface area contributed by atoms with Crippen LogP contribution in [0.3, 0.4) is 0 Å². The Morgan fingerprint density at radius 3 is 2.48 bits per heavy atom. The minimum Gasteiger partial charge on any atom is -0.351 e. The highest BCUT2D eigenvalue weighted by molar-refractivity contribution is 8.00.